The number of carbonyl (C=O) groups excluding carboxylic acids is 1. The van der Waals surface area contributed by atoms with Crippen molar-refractivity contribution in [3.05, 3.63) is 60.2 Å². The first-order valence-corrected chi connectivity index (χ1v) is 10.1. The molecule has 0 aliphatic heterocycles. The highest BCUT2D eigenvalue weighted by atomic mass is 16.5. The molecule has 1 fully saturated rings. The van der Waals surface area contributed by atoms with Crippen molar-refractivity contribution in [1.29, 1.82) is 0 Å². The summed E-state index contributed by atoms with van der Waals surface area (Å²) in [6.45, 7) is 4.84. The van der Waals surface area contributed by atoms with E-state index in [0.29, 0.717) is 18.4 Å². The first kappa shape index (κ1) is 19.4. The summed E-state index contributed by atoms with van der Waals surface area (Å²) in [5, 5.41) is 5.36. The number of benzene rings is 2. The minimum atomic E-state index is -0.251. The van der Waals surface area contributed by atoms with Gasteiger partial charge in [0, 0.05) is 5.56 Å². The van der Waals surface area contributed by atoms with Crippen LogP contribution in [0.2, 0.25) is 0 Å². The number of nitrogens with one attached hydrogen (secondary N) is 1. The van der Waals surface area contributed by atoms with Crippen molar-refractivity contribution < 1.29 is 14.8 Å². The van der Waals surface area contributed by atoms with E-state index < -0.39 is 0 Å². The maximum atomic E-state index is 13.2. The van der Waals surface area contributed by atoms with Gasteiger partial charge in [0.15, 0.2) is 6.04 Å². The Hall–Kier alpha value is -2.33. The zero-order chi connectivity index (χ0) is 19.1. The average molecular weight is 368 g/mol. The van der Waals surface area contributed by atoms with E-state index in [-0.39, 0.29) is 11.9 Å². The standard InChI is InChI=1S/C23H30N2O2/c1-3-27-21-12-8-7-11-20(21)25-23(26)22(18-9-5-4-6-10-18)24-19-15-13-17(2)14-16-19/h4-12,17,19,22,24H,3,13-16H2,1-2H3,(H,25,26)/p+1/t17?,19?,22-/m0/s1. The van der Waals surface area contributed by atoms with Crippen molar-refractivity contribution in [3.8, 4) is 5.75 Å². The number of anilines is 1. The fourth-order valence-corrected chi connectivity index (χ4v) is 3.82. The summed E-state index contributed by atoms with van der Waals surface area (Å²) in [4.78, 5) is 13.2. The summed E-state index contributed by atoms with van der Waals surface area (Å²) in [5.74, 6) is 1.52. The normalized spacial score (nSPS) is 20.7. The molecule has 3 N–H and O–H groups in total. The average Bonchev–Trinajstić information content (AvgIpc) is 2.70. The van der Waals surface area contributed by atoms with Gasteiger partial charge in [-0.25, -0.2) is 0 Å². The predicted octanol–water partition coefficient (Wildman–Crippen LogP) is 3.91. The molecule has 0 heterocycles. The first-order chi connectivity index (χ1) is 13.2. The third-order valence-corrected chi connectivity index (χ3v) is 5.41. The maximum Gasteiger partial charge on any atom is 0.287 e. The molecule has 1 aliphatic carbocycles. The molecule has 0 unspecified atom stereocenters. The molecule has 1 atom stereocenters. The van der Waals surface area contributed by atoms with Gasteiger partial charge in [-0.2, -0.15) is 0 Å². The van der Waals surface area contributed by atoms with Crippen molar-refractivity contribution in [2.75, 3.05) is 11.9 Å². The fourth-order valence-electron chi connectivity index (χ4n) is 3.82. The molecule has 1 aliphatic rings. The highest BCUT2D eigenvalue weighted by Gasteiger charge is 2.30. The van der Waals surface area contributed by atoms with Gasteiger partial charge in [-0.1, -0.05) is 49.4 Å². The van der Waals surface area contributed by atoms with Crippen LogP contribution in [0, 0.1) is 5.92 Å². The van der Waals surface area contributed by atoms with Crippen LogP contribution in [0.25, 0.3) is 0 Å². The summed E-state index contributed by atoms with van der Waals surface area (Å²) in [6, 6.07) is 18.0. The third-order valence-electron chi connectivity index (χ3n) is 5.41. The minimum Gasteiger partial charge on any atom is -0.492 e. The number of para-hydroxylation sites is 2. The van der Waals surface area contributed by atoms with Crippen molar-refractivity contribution in [2.45, 2.75) is 51.6 Å². The molecular formula is C23H31N2O2+. The van der Waals surface area contributed by atoms with Gasteiger partial charge in [0.1, 0.15) is 5.75 Å². The monoisotopic (exact) mass is 367 g/mol. The highest BCUT2D eigenvalue weighted by molar-refractivity contribution is 5.95. The van der Waals surface area contributed by atoms with Gasteiger partial charge >= 0.3 is 0 Å². The lowest BCUT2D eigenvalue weighted by molar-refractivity contribution is -0.717. The Morgan fingerprint density at radius 2 is 1.74 bits per heavy atom. The number of nitrogens with two attached hydrogens (primary N) is 1. The SMILES string of the molecule is CCOc1ccccc1NC(=O)[C@@H]([NH2+]C1CCC(C)CC1)c1ccccc1. The van der Waals surface area contributed by atoms with Crippen LogP contribution in [0.4, 0.5) is 5.69 Å². The van der Waals surface area contributed by atoms with E-state index in [9.17, 15) is 4.79 Å². The second kappa shape index (κ2) is 9.56. The summed E-state index contributed by atoms with van der Waals surface area (Å²) in [7, 11) is 0. The summed E-state index contributed by atoms with van der Waals surface area (Å²) >= 11 is 0. The number of rotatable bonds is 7. The van der Waals surface area contributed by atoms with Crippen LogP contribution in [0.3, 0.4) is 0 Å². The molecule has 2 aromatic carbocycles. The van der Waals surface area contributed by atoms with Crippen molar-refractivity contribution >= 4 is 11.6 Å². The van der Waals surface area contributed by atoms with E-state index in [0.717, 1.165) is 17.2 Å². The number of carbonyl (C=O) groups is 1. The van der Waals surface area contributed by atoms with Crippen LogP contribution in [0.5, 0.6) is 5.75 Å². The maximum absolute atomic E-state index is 13.2. The molecule has 0 bridgehead atoms. The summed E-state index contributed by atoms with van der Waals surface area (Å²) in [6.07, 6.45) is 4.84. The lowest BCUT2D eigenvalue weighted by Crippen LogP contribution is -2.92. The van der Waals surface area contributed by atoms with Gasteiger partial charge in [-0.15, -0.1) is 0 Å². The first-order valence-electron chi connectivity index (χ1n) is 10.1. The zero-order valence-corrected chi connectivity index (χ0v) is 16.4. The Bertz CT molecular complexity index is 724. The molecule has 0 radical (unpaired) electrons. The summed E-state index contributed by atoms with van der Waals surface area (Å²) in [5.41, 5.74) is 1.78. The lowest BCUT2D eigenvalue weighted by atomic mass is 9.86. The van der Waals surface area contributed by atoms with Gasteiger partial charge in [0.2, 0.25) is 0 Å². The van der Waals surface area contributed by atoms with Crippen LogP contribution >= 0.6 is 0 Å². The van der Waals surface area contributed by atoms with Crippen LogP contribution in [-0.4, -0.2) is 18.6 Å². The van der Waals surface area contributed by atoms with Crippen LogP contribution in [-0.2, 0) is 4.79 Å². The smallest absolute Gasteiger partial charge is 0.287 e. The fraction of sp³-hybridized carbons (Fsp3) is 0.435. The Balaban J connectivity index is 1.77. The van der Waals surface area contributed by atoms with Gasteiger partial charge in [-0.3, -0.25) is 4.79 Å². The topological polar surface area (TPSA) is 54.9 Å². The van der Waals surface area contributed by atoms with Gasteiger partial charge < -0.3 is 15.4 Å². The van der Waals surface area contributed by atoms with E-state index in [1.54, 1.807) is 0 Å². The van der Waals surface area contributed by atoms with E-state index in [1.165, 1.54) is 25.7 Å². The second-order valence-corrected chi connectivity index (χ2v) is 7.52. The van der Waals surface area contributed by atoms with Gasteiger partial charge in [0.25, 0.3) is 5.91 Å². The minimum absolute atomic E-state index is 0.00646. The predicted molar refractivity (Wildman–Crippen MR) is 109 cm³/mol. The molecule has 0 aromatic heterocycles. The van der Waals surface area contributed by atoms with Gasteiger partial charge in [-0.05, 0) is 50.7 Å². The van der Waals surface area contributed by atoms with E-state index in [2.05, 4.69) is 17.6 Å². The van der Waals surface area contributed by atoms with Crippen molar-refractivity contribution in [1.82, 2.24) is 0 Å². The van der Waals surface area contributed by atoms with Crippen LogP contribution in [0.15, 0.2) is 54.6 Å². The Labute approximate surface area is 162 Å². The largest absolute Gasteiger partial charge is 0.492 e. The number of amides is 1. The Kier molecular flexibility index (Phi) is 6.88. The van der Waals surface area contributed by atoms with Crippen LogP contribution < -0.4 is 15.4 Å². The molecule has 1 saturated carbocycles. The zero-order valence-electron chi connectivity index (χ0n) is 16.4. The Morgan fingerprint density at radius 1 is 1.07 bits per heavy atom. The molecule has 27 heavy (non-hydrogen) atoms. The molecule has 2 aromatic rings. The number of quaternary nitrogens is 1. The van der Waals surface area contributed by atoms with Gasteiger partial charge in [0.05, 0.1) is 18.3 Å². The van der Waals surface area contributed by atoms with E-state index in [1.807, 2.05) is 61.5 Å². The summed E-state index contributed by atoms with van der Waals surface area (Å²) < 4.78 is 5.66. The molecule has 3 rings (SSSR count). The number of hydrogen-bond acceptors (Lipinski definition) is 2. The van der Waals surface area contributed by atoms with Crippen molar-refractivity contribution in [3.63, 3.8) is 0 Å². The van der Waals surface area contributed by atoms with E-state index >= 15 is 0 Å². The van der Waals surface area contributed by atoms with E-state index in [4.69, 9.17) is 4.74 Å². The number of hydrogen-bond donors (Lipinski definition) is 2. The molecule has 1 amide bonds. The number of ether oxygens (including phenoxy) is 1. The Morgan fingerprint density at radius 3 is 2.44 bits per heavy atom. The lowest BCUT2D eigenvalue weighted by Gasteiger charge is -2.28. The molecule has 0 spiro atoms. The van der Waals surface area contributed by atoms with Crippen molar-refractivity contribution in [2.24, 2.45) is 5.92 Å². The molecular weight excluding hydrogens is 336 g/mol. The third kappa shape index (κ3) is 5.33. The second-order valence-electron chi connectivity index (χ2n) is 7.52. The molecule has 144 valence electrons. The molecule has 0 saturated heterocycles. The molecule has 4 nitrogen and oxygen atoms in total. The van der Waals surface area contributed by atoms with Crippen LogP contribution in [0.1, 0.15) is 51.1 Å². The molecule has 4 heteroatoms. The highest BCUT2D eigenvalue weighted by Crippen LogP contribution is 2.26. The quantitative estimate of drug-likeness (QED) is 0.780.